The molecule has 1 aliphatic rings. The van der Waals surface area contributed by atoms with Gasteiger partial charge >= 0.3 is 0 Å². The van der Waals surface area contributed by atoms with Crippen LogP contribution >= 0.6 is 11.6 Å². The molecule has 18 radical (unpaired) electrons. The molecule has 1 aromatic carbocycles. The van der Waals surface area contributed by atoms with Crippen LogP contribution in [0.4, 0.5) is 0 Å². The maximum atomic E-state index is 12.7. The third kappa shape index (κ3) is 2.23. The Hall–Kier alpha value is -0.536. The van der Waals surface area contributed by atoms with E-state index in [1.807, 2.05) is 0 Å². The lowest BCUT2D eigenvalue weighted by Crippen LogP contribution is -2.66. The Morgan fingerprint density at radius 2 is 1.33 bits per heavy atom. The number of nitrogens with two attached hydrogens (primary N) is 1. The molecule has 2 rings (SSSR count). The highest BCUT2D eigenvalue weighted by molar-refractivity contribution is 6.66. The molecule has 1 atom stereocenters. The van der Waals surface area contributed by atoms with E-state index >= 15 is 0 Å². The van der Waals surface area contributed by atoms with Crippen LogP contribution in [0.2, 0.25) is 15.5 Å². The normalized spacial score (nSPS) is 25.2. The molecule has 0 amide bonds. The summed E-state index contributed by atoms with van der Waals surface area (Å²) in [5.41, 5.74) is 2.93. The van der Waals surface area contributed by atoms with Gasteiger partial charge in [0.2, 0.25) is 0 Å². The number of allylic oxidation sites excluding steroid dienone is 1. The highest BCUT2D eigenvalue weighted by Gasteiger charge is 2.57. The van der Waals surface area contributed by atoms with Crippen LogP contribution in [0.3, 0.4) is 0 Å². The number of hydrogen-bond donors (Lipinski definition) is 1. The van der Waals surface area contributed by atoms with Crippen LogP contribution in [-0.4, -0.2) is 76.4 Å². The van der Waals surface area contributed by atoms with Gasteiger partial charge in [-0.05, 0) is 11.6 Å². The van der Waals surface area contributed by atoms with Gasteiger partial charge in [-0.2, -0.15) is 0 Å². The summed E-state index contributed by atoms with van der Waals surface area (Å²) in [6, 6.07) is 0. The average molecular weight is 310 g/mol. The van der Waals surface area contributed by atoms with Crippen LogP contribution in [0.15, 0.2) is 11.5 Å². The van der Waals surface area contributed by atoms with Crippen molar-refractivity contribution in [1.82, 2.24) is 0 Å². The molecule has 1 unspecified atom stereocenters. The quantitative estimate of drug-likeness (QED) is 0.529. The molecule has 12 heteroatoms. The monoisotopic (exact) mass is 311 g/mol. The van der Waals surface area contributed by atoms with Gasteiger partial charge in [-0.25, -0.2) is 0 Å². The van der Waals surface area contributed by atoms with Crippen molar-refractivity contribution in [2.75, 3.05) is 0 Å². The van der Waals surface area contributed by atoms with Crippen molar-refractivity contribution in [1.29, 1.82) is 0 Å². The standard InChI is InChI=1S/C12H3B9ClNO/c13-2-1-3(24)10(23,12(20,21)11(2,18)19)4-5(14)6(15)7(16)8(17)9(4)22/h1H,23H2. The summed E-state index contributed by atoms with van der Waals surface area (Å²) in [6.45, 7) is 0. The fraction of sp³-hybridized carbons (Fsp3) is 0.250. The first kappa shape index (κ1) is 19.8. The molecule has 2 N–H and O–H groups in total. The SMILES string of the molecule is [B]C1=CC(=O)C(N)(c2c([B])c([B])c([B])c([B])c2Cl)C([B])([B])C1([B])[B]. The molecule has 0 aromatic heterocycles. The predicted molar refractivity (Wildman–Crippen MR) is 106 cm³/mol. The highest BCUT2D eigenvalue weighted by Crippen LogP contribution is 2.59. The zero-order valence-corrected chi connectivity index (χ0v) is 13.4. The summed E-state index contributed by atoms with van der Waals surface area (Å²) in [6.07, 6.45) is 0.913. The van der Waals surface area contributed by atoms with E-state index in [0.29, 0.717) is 0 Å². The van der Waals surface area contributed by atoms with Gasteiger partial charge in [0.05, 0.1) is 36.9 Å². The summed E-state index contributed by atoms with van der Waals surface area (Å²) in [7, 11) is 52.9. The van der Waals surface area contributed by atoms with Gasteiger partial charge < -0.3 is 5.73 Å². The molecule has 2 nitrogen and oxygen atoms in total. The molecule has 1 aromatic rings. The van der Waals surface area contributed by atoms with Gasteiger partial charge in [0.1, 0.15) is 39.2 Å². The third-order valence-corrected chi connectivity index (χ3v) is 4.87. The highest BCUT2D eigenvalue weighted by atomic mass is 35.5. The van der Waals surface area contributed by atoms with Gasteiger partial charge in [-0.1, -0.05) is 33.0 Å². The predicted octanol–water partition coefficient (Wildman–Crippen LogP) is -4.79. The maximum Gasteiger partial charge on any atom is 0.178 e. The smallest absolute Gasteiger partial charge is 0.178 e. The Balaban J connectivity index is 2.98. The van der Waals surface area contributed by atoms with Gasteiger partial charge in [0.25, 0.3) is 0 Å². The lowest BCUT2D eigenvalue weighted by Gasteiger charge is -2.59. The largest absolute Gasteiger partial charge is 0.316 e. The van der Waals surface area contributed by atoms with E-state index in [4.69, 9.17) is 88.0 Å². The third-order valence-electron chi connectivity index (χ3n) is 4.48. The Labute approximate surface area is 158 Å². The molecule has 24 heavy (non-hydrogen) atoms. The number of carbonyl (C=O) groups excluding carboxylic acids is 1. The average Bonchev–Trinajstić information content (AvgIpc) is 2.49. The second-order valence-electron chi connectivity index (χ2n) is 5.85. The molecule has 0 bridgehead atoms. The van der Waals surface area contributed by atoms with Crippen molar-refractivity contribution in [3.8, 4) is 0 Å². The first-order valence-electron chi connectivity index (χ1n) is 6.61. The van der Waals surface area contributed by atoms with Crippen LogP contribution in [-0.2, 0) is 10.3 Å². The summed E-state index contributed by atoms with van der Waals surface area (Å²) in [5, 5.41) is -4.58. The van der Waals surface area contributed by atoms with Crippen molar-refractivity contribution in [3.63, 3.8) is 0 Å². The fourth-order valence-corrected chi connectivity index (χ4v) is 3.01. The zero-order valence-electron chi connectivity index (χ0n) is 12.6. The summed E-state index contributed by atoms with van der Waals surface area (Å²) < 4.78 is 0. The van der Waals surface area contributed by atoms with E-state index < -0.39 is 21.7 Å². The van der Waals surface area contributed by atoms with Gasteiger partial charge in [-0.3, -0.25) is 4.79 Å². The Morgan fingerprint density at radius 3 is 1.83 bits per heavy atom. The first-order valence-corrected chi connectivity index (χ1v) is 6.99. The first-order chi connectivity index (χ1) is 10.7. The van der Waals surface area contributed by atoms with Crippen LogP contribution in [0.25, 0.3) is 0 Å². The fourth-order valence-electron chi connectivity index (χ4n) is 2.65. The van der Waals surface area contributed by atoms with Crippen molar-refractivity contribution < 1.29 is 4.79 Å². The summed E-state index contributed by atoms with van der Waals surface area (Å²) in [4.78, 5) is 12.7. The van der Waals surface area contributed by atoms with Gasteiger partial charge in [0, 0.05) is 5.02 Å². The second-order valence-corrected chi connectivity index (χ2v) is 6.23. The van der Waals surface area contributed by atoms with E-state index in [1.165, 1.54) is 0 Å². The lowest BCUT2D eigenvalue weighted by atomic mass is 9.20. The molecule has 0 saturated carbocycles. The number of hydrogen-bond acceptors (Lipinski definition) is 2. The van der Waals surface area contributed by atoms with Crippen LogP contribution < -0.4 is 27.6 Å². The van der Waals surface area contributed by atoms with E-state index in [2.05, 4.69) is 0 Å². The van der Waals surface area contributed by atoms with Crippen molar-refractivity contribution >= 4 is 110 Å². The molecule has 0 fully saturated rings. The number of benzene rings is 1. The molecule has 96 valence electrons. The Kier molecular flexibility index (Phi) is 4.73. The van der Waals surface area contributed by atoms with E-state index in [0.717, 1.165) is 6.08 Å². The Morgan fingerprint density at radius 1 is 0.875 bits per heavy atom. The van der Waals surface area contributed by atoms with Crippen molar-refractivity contribution in [2.24, 2.45) is 5.73 Å². The topological polar surface area (TPSA) is 43.1 Å². The van der Waals surface area contributed by atoms with E-state index in [-0.39, 0.29) is 37.9 Å². The van der Waals surface area contributed by atoms with Crippen molar-refractivity contribution in [3.05, 3.63) is 22.1 Å². The molecule has 0 saturated heterocycles. The lowest BCUT2D eigenvalue weighted by molar-refractivity contribution is -0.121. The summed E-state index contributed by atoms with van der Waals surface area (Å²) >= 11 is 6.20. The summed E-state index contributed by atoms with van der Waals surface area (Å²) in [5.74, 6) is -0.825. The molecule has 0 heterocycles. The second kappa shape index (κ2) is 5.74. The van der Waals surface area contributed by atoms with Crippen LogP contribution in [0, 0.1) is 0 Å². The van der Waals surface area contributed by atoms with Gasteiger partial charge in [-0.15, -0.1) is 16.4 Å². The number of carbonyl (C=O) groups is 1. The molecular formula is C12H3B9ClNO. The van der Waals surface area contributed by atoms with E-state index in [9.17, 15) is 4.79 Å². The zero-order chi connectivity index (χ0) is 18.8. The Bertz CT molecular complexity index is 762. The minimum Gasteiger partial charge on any atom is -0.316 e. The molecular weight excluding hydrogens is 307 g/mol. The van der Waals surface area contributed by atoms with Crippen LogP contribution in [0.5, 0.6) is 0 Å². The number of rotatable bonds is 1. The molecule has 0 aliphatic heterocycles. The van der Waals surface area contributed by atoms with E-state index in [1.54, 1.807) is 0 Å². The molecule has 1 aliphatic carbocycles. The number of halogens is 1. The molecule has 0 spiro atoms. The minimum absolute atomic E-state index is 0.0745. The van der Waals surface area contributed by atoms with Crippen molar-refractivity contribution in [2.45, 2.75) is 16.0 Å². The maximum absolute atomic E-state index is 12.7. The minimum atomic E-state index is -2.29. The number of ketones is 1. The van der Waals surface area contributed by atoms with Crippen LogP contribution in [0.1, 0.15) is 5.56 Å². The van der Waals surface area contributed by atoms with Gasteiger partial charge in [0.15, 0.2) is 5.78 Å².